The number of carbonyl (C=O) groups excluding carboxylic acids is 3. The first-order valence-corrected chi connectivity index (χ1v) is 22.8. The summed E-state index contributed by atoms with van der Waals surface area (Å²) in [4.78, 5) is 37.5. The molecule has 0 rings (SSSR count). The Hall–Kier alpha value is -2.89. The fraction of sp³-hybridized carbons (Fsp3) is 0.735. The summed E-state index contributed by atoms with van der Waals surface area (Å²) in [7, 11) is 0. The molecule has 6 nitrogen and oxygen atoms in total. The van der Waals surface area contributed by atoms with Crippen LogP contribution in [0.1, 0.15) is 213 Å². The molecule has 1 atom stereocenters. The van der Waals surface area contributed by atoms with Crippen LogP contribution in [0, 0.1) is 0 Å². The van der Waals surface area contributed by atoms with Crippen molar-refractivity contribution in [3.63, 3.8) is 0 Å². The van der Waals surface area contributed by atoms with Gasteiger partial charge < -0.3 is 14.2 Å². The minimum absolute atomic E-state index is 0.100. The van der Waals surface area contributed by atoms with E-state index in [2.05, 4.69) is 69.4 Å². The lowest BCUT2D eigenvalue weighted by Gasteiger charge is -2.18. The number of esters is 3. The summed E-state index contributed by atoms with van der Waals surface area (Å²) in [6, 6.07) is 0. The van der Waals surface area contributed by atoms with E-state index >= 15 is 0 Å². The molecular weight excluding hydrogens is 685 g/mol. The summed E-state index contributed by atoms with van der Waals surface area (Å²) >= 11 is 0. The SMILES string of the molecule is CC/C=C\C/C=C\C/C=C\CC(=O)OC(COC(=O)CCCC/C=C\C/C=C\CC)COC(=O)CCCCCCCCCCCCCCCCCCCCC. The van der Waals surface area contributed by atoms with E-state index in [9.17, 15) is 14.4 Å². The Bertz CT molecular complexity index is 1020. The molecule has 0 aliphatic carbocycles. The van der Waals surface area contributed by atoms with Crippen LogP contribution in [0.15, 0.2) is 60.8 Å². The van der Waals surface area contributed by atoms with E-state index in [0.29, 0.717) is 12.8 Å². The monoisotopic (exact) mass is 769 g/mol. The van der Waals surface area contributed by atoms with Gasteiger partial charge in [-0.05, 0) is 57.8 Å². The van der Waals surface area contributed by atoms with Gasteiger partial charge in [0.2, 0.25) is 0 Å². The summed E-state index contributed by atoms with van der Waals surface area (Å²) < 4.78 is 16.5. The second kappa shape index (κ2) is 43.8. The predicted octanol–water partition coefficient (Wildman–Crippen LogP) is 14.5. The van der Waals surface area contributed by atoms with Gasteiger partial charge in [0.25, 0.3) is 0 Å². The Morgan fingerprint density at radius 2 is 0.764 bits per heavy atom. The van der Waals surface area contributed by atoms with Gasteiger partial charge in [-0.25, -0.2) is 0 Å². The van der Waals surface area contributed by atoms with Crippen molar-refractivity contribution in [1.82, 2.24) is 0 Å². The quantitative estimate of drug-likeness (QED) is 0.0267. The fourth-order valence-electron chi connectivity index (χ4n) is 6.19. The topological polar surface area (TPSA) is 78.9 Å². The normalized spacial score (nSPS) is 12.6. The van der Waals surface area contributed by atoms with E-state index < -0.39 is 12.1 Å². The van der Waals surface area contributed by atoms with E-state index in [0.717, 1.165) is 70.6 Å². The maximum Gasteiger partial charge on any atom is 0.310 e. The number of rotatable bonds is 40. The second-order valence-electron chi connectivity index (χ2n) is 14.9. The van der Waals surface area contributed by atoms with Crippen molar-refractivity contribution in [3.05, 3.63) is 60.8 Å². The van der Waals surface area contributed by atoms with Gasteiger partial charge in [0.05, 0.1) is 6.42 Å². The van der Waals surface area contributed by atoms with Crippen LogP contribution in [0.3, 0.4) is 0 Å². The number of carbonyl (C=O) groups is 3. The highest BCUT2D eigenvalue weighted by Gasteiger charge is 2.19. The van der Waals surface area contributed by atoms with Crippen LogP contribution < -0.4 is 0 Å². The van der Waals surface area contributed by atoms with Crippen LogP contribution in [-0.2, 0) is 28.6 Å². The van der Waals surface area contributed by atoms with Gasteiger partial charge in [-0.1, -0.05) is 197 Å². The van der Waals surface area contributed by atoms with Crippen molar-refractivity contribution in [2.24, 2.45) is 0 Å². The van der Waals surface area contributed by atoms with E-state index in [1.807, 2.05) is 6.08 Å². The summed E-state index contributed by atoms with van der Waals surface area (Å²) in [6.45, 7) is 6.26. The van der Waals surface area contributed by atoms with Crippen LogP contribution in [0.25, 0.3) is 0 Å². The summed E-state index contributed by atoms with van der Waals surface area (Å²) in [5.74, 6) is -1.09. The minimum atomic E-state index is -0.830. The third-order valence-corrected chi connectivity index (χ3v) is 9.55. The molecule has 0 saturated carbocycles. The summed E-state index contributed by atoms with van der Waals surface area (Å²) in [6.07, 6.45) is 52.7. The molecule has 316 valence electrons. The smallest absolute Gasteiger partial charge is 0.310 e. The van der Waals surface area contributed by atoms with E-state index in [4.69, 9.17) is 14.2 Å². The van der Waals surface area contributed by atoms with Crippen molar-refractivity contribution in [2.45, 2.75) is 219 Å². The molecule has 0 heterocycles. The molecular formula is C49H84O6. The molecule has 0 aromatic heterocycles. The Labute approximate surface area is 339 Å². The Morgan fingerprint density at radius 1 is 0.400 bits per heavy atom. The molecule has 0 N–H and O–H groups in total. The van der Waals surface area contributed by atoms with Gasteiger partial charge in [0.1, 0.15) is 13.2 Å². The van der Waals surface area contributed by atoms with E-state index in [-0.39, 0.29) is 31.6 Å². The van der Waals surface area contributed by atoms with Gasteiger partial charge in [-0.15, -0.1) is 0 Å². The molecule has 0 fully saturated rings. The van der Waals surface area contributed by atoms with Gasteiger partial charge in [-0.3, -0.25) is 14.4 Å². The van der Waals surface area contributed by atoms with E-state index in [1.54, 1.807) is 6.08 Å². The molecule has 0 saturated heterocycles. The Kier molecular flexibility index (Phi) is 41.5. The van der Waals surface area contributed by atoms with Crippen LogP contribution in [0.4, 0.5) is 0 Å². The van der Waals surface area contributed by atoms with E-state index in [1.165, 1.54) is 103 Å². The summed E-state index contributed by atoms with van der Waals surface area (Å²) in [5, 5.41) is 0. The first-order valence-electron chi connectivity index (χ1n) is 22.8. The summed E-state index contributed by atoms with van der Waals surface area (Å²) in [5.41, 5.74) is 0. The zero-order valence-electron chi connectivity index (χ0n) is 35.9. The zero-order valence-corrected chi connectivity index (χ0v) is 35.9. The van der Waals surface area contributed by atoms with Crippen molar-refractivity contribution >= 4 is 17.9 Å². The third kappa shape index (κ3) is 42.1. The lowest BCUT2D eigenvalue weighted by atomic mass is 10.0. The molecule has 0 bridgehead atoms. The molecule has 6 heteroatoms. The molecule has 0 aliphatic heterocycles. The third-order valence-electron chi connectivity index (χ3n) is 9.55. The van der Waals surface area contributed by atoms with Crippen LogP contribution in [0.5, 0.6) is 0 Å². The van der Waals surface area contributed by atoms with Crippen LogP contribution in [-0.4, -0.2) is 37.2 Å². The molecule has 55 heavy (non-hydrogen) atoms. The maximum atomic E-state index is 12.6. The molecule has 0 radical (unpaired) electrons. The average Bonchev–Trinajstić information content (AvgIpc) is 3.18. The Balaban J connectivity index is 4.28. The molecule has 0 aromatic rings. The largest absolute Gasteiger partial charge is 0.462 e. The highest BCUT2D eigenvalue weighted by Crippen LogP contribution is 2.15. The molecule has 0 spiro atoms. The standard InChI is InChI=1S/C49H84O6/c1-4-7-10-13-16-19-20-21-22-23-24-25-26-27-28-31-33-36-39-42-48(51)54-45-46(55-49(52)43-40-37-34-30-18-15-12-9-6-3)44-53-47(50)41-38-35-32-29-17-14-11-8-5-2/h8-9,11-12,17-18,29-30,37,40,46H,4-7,10,13-16,19-28,31-36,38-39,41-45H2,1-3H3/b11-8-,12-9-,29-17-,30-18-,40-37-. The highest BCUT2D eigenvalue weighted by molar-refractivity contribution is 5.72. The lowest BCUT2D eigenvalue weighted by Crippen LogP contribution is -2.30. The number of allylic oxidation sites excluding steroid dienone is 9. The van der Waals surface area contributed by atoms with Gasteiger partial charge in [0, 0.05) is 12.8 Å². The van der Waals surface area contributed by atoms with Gasteiger partial charge in [0.15, 0.2) is 6.10 Å². The van der Waals surface area contributed by atoms with Crippen LogP contribution >= 0.6 is 0 Å². The minimum Gasteiger partial charge on any atom is -0.462 e. The zero-order chi connectivity index (χ0) is 40.1. The first kappa shape index (κ1) is 52.1. The van der Waals surface area contributed by atoms with Crippen molar-refractivity contribution < 1.29 is 28.6 Å². The second-order valence-corrected chi connectivity index (χ2v) is 14.9. The van der Waals surface area contributed by atoms with Crippen molar-refractivity contribution in [1.29, 1.82) is 0 Å². The number of ether oxygens (including phenoxy) is 3. The number of hydrogen-bond acceptors (Lipinski definition) is 6. The highest BCUT2D eigenvalue weighted by atomic mass is 16.6. The van der Waals surface area contributed by atoms with Crippen molar-refractivity contribution in [3.8, 4) is 0 Å². The van der Waals surface area contributed by atoms with Gasteiger partial charge in [-0.2, -0.15) is 0 Å². The fourth-order valence-corrected chi connectivity index (χ4v) is 6.19. The molecule has 0 amide bonds. The molecule has 0 aliphatic rings. The maximum absolute atomic E-state index is 12.6. The Morgan fingerprint density at radius 3 is 1.20 bits per heavy atom. The average molecular weight is 769 g/mol. The van der Waals surface area contributed by atoms with Gasteiger partial charge >= 0.3 is 17.9 Å². The lowest BCUT2D eigenvalue weighted by molar-refractivity contribution is -0.166. The predicted molar refractivity (Wildman–Crippen MR) is 233 cm³/mol. The molecule has 0 aromatic carbocycles. The first-order chi connectivity index (χ1) is 27.0. The molecule has 1 unspecified atom stereocenters. The van der Waals surface area contributed by atoms with Crippen LogP contribution in [0.2, 0.25) is 0 Å². The van der Waals surface area contributed by atoms with Crippen molar-refractivity contribution in [2.75, 3.05) is 13.2 Å². The number of hydrogen-bond donors (Lipinski definition) is 0. The number of unbranched alkanes of at least 4 members (excludes halogenated alkanes) is 20.